The van der Waals surface area contributed by atoms with Gasteiger partial charge in [0.05, 0.1) is 17.1 Å². The Morgan fingerprint density at radius 2 is 2.11 bits per heavy atom. The van der Waals surface area contributed by atoms with Crippen LogP contribution in [0.5, 0.6) is 0 Å². The van der Waals surface area contributed by atoms with Crippen LogP contribution in [-0.4, -0.2) is 24.5 Å². The number of anilines is 1. The molecule has 1 amide bonds. The van der Waals surface area contributed by atoms with Crippen LogP contribution >= 0.6 is 0 Å². The number of aryl methyl sites for hydroxylation is 2. The molecule has 0 fully saturated rings. The molecule has 0 aliphatic carbocycles. The Balaban J connectivity index is 2.24. The van der Waals surface area contributed by atoms with Gasteiger partial charge in [-0.2, -0.15) is 5.10 Å². The van der Waals surface area contributed by atoms with E-state index < -0.39 is 21.0 Å². The number of nitrogens with one attached hydrogen (secondary N) is 2. The smallest absolute Gasteiger partial charge is 0.291 e. The zero-order valence-corrected chi connectivity index (χ0v) is 11.0. The first-order chi connectivity index (χ1) is 8.79. The maximum atomic E-state index is 11.9. The van der Waals surface area contributed by atoms with Gasteiger partial charge >= 0.3 is 0 Å². The summed E-state index contributed by atoms with van der Waals surface area (Å²) in [7, 11) is -3.96. The fourth-order valence-electron chi connectivity index (χ4n) is 1.51. The molecule has 8 nitrogen and oxygen atoms in total. The van der Waals surface area contributed by atoms with Gasteiger partial charge in [-0.3, -0.25) is 9.89 Å². The van der Waals surface area contributed by atoms with E-state index in [1.807, 2.05) is 0 Å². The highest BCUT2D eigenvalue weighted by atomic mass is 32.2. The van der Waals surface area contributed by atoms with Crippen molar-refractivity contribution in [3.8, 4) is 0 Å². The third kappa shape index (κ3) is 2.66. The third-order valence-corrected chi connectivity index (χ3v) is 3.23. The maximum Gasteiger partial charge on any atom is 0.291 e. The van der Waals surface area contributed by atoms with Gasteiger partial charge in [0, 0.05) is 0 Å². The molecule has 0 aliphatic rings. The molecule has 19 heavy (non-hydrogen) atoms. The molecule has 0 saturated heterocycles. The minimum absolute atomic E-state index is 0.149. The summed E-state index contributed by atoms with van der Waals surface area (Å²) < 4.78 is 26.9. The normalized spacial score (nSPS) is 11.5. The Bertz CT molecular complexity index is 709. The van der Waals surface area contributed by atoms with Crippen molar-refractivity contribution in [2.24, 2.45) is 5.14 Å². The summed E-state index contributed by atoms with van der Waals surface area (Å²) in [4.78, 5) is 11.9. The maximum absolute atomic E-state index is 11.9. The molecule has 0 bridgehead atoms. The molecular weight excluding hydrogens is 272 g/mol. The first kappa shape index (κ1) is 13.3. The number of aromatic amines is 1. The number of nitrogens with two attached hydrogens (primary N) is 1. The van der Waals surface area contributed by atoms with E-state index in [4.69, 9.17) is 9.56 Å². The second kappa shape index (κ2) is 4.52. The topological polar surface area (TPSA) is 131 Å². The summed E-state index contributed by atoms with van der Waals surface area (Å²) in [6, 6.07) is 2.36. The van der Waals surface area contributed by atoms with E-state index in [1.54, 1.807) is 13.8 Å². The first-order valence-corrected chi connectivity index (χ1v) is 6.79. The summed E-state index contributed by atoms with van der Waals surface area (Å²) in [6.07, 6.45) is 0. The number of aromatic nitrogens is 2. The highest BCUT2D eigenvalue weighted by Crippen LogP contribution is 2.18. The van der Waals surface area contributed by atoms with Crippen LogP contribution in [0.15, 0.2) is 21.6 Å². The highest BCUT2D eigenvalue weighted by molar-refractivity contribution is 7.89. The number of H-pyrrole nitrogens is 1. The molecule has 2 aromatic rings. The van der Waals surface area contributed by atoms with Crippen LogP contribution in [0.3, 0.4) is 0 Å². The van der Waals surface area contributed by atoms with Crippen molar-refractivity contribution in [3.63, 3.8) is 0 Å². The van der Waals surface area contributed by atoms with Crippen LogP contribution in [0.2, 0.25) is 0 Å². The molecule has 0 unspecified atom stereocenters. The molecule has 0 radical (unpaired) electrons. The Morgan fingerprint density at radius 1 is 1.42 bits per heavy atom. The first-order valence-electron chi connectivity index (χ1n) is 5.24. The molecule has 0 aliphatic heterocycles. The SMILES string of the molecule is Cc1n[nH]c(C)c1NC(=O)c1ccc(S(N)(=O)=O)o1. The van der Waals surface area contributed by atoms with Crippen molar-refractivity contribution >= 4 is 21.6 Å². The number of amides is 1. The molecule has 0 spiro atoms. The molecule has 102 valence electrons. The van der Waals surface area contributed by atoms with Crippen molar-refractivity contribution in [2.75, 3.05) is 5.32 Å². The molecule has 2 rings (SSSR count). The van der Waals surface area contributed by atoms with E-state index in [0.29, 0.717) is 17.1 Å². The van der Waals surface area contributed by atoms with Crippen molar-refractivity contribution in [1.82, 2.24) is 10.2 Å². The van der Waals surface area contributed by atoms with Crippen LogP contribution in [-0.2, 0) is 10.0 Å². The Morgan fingerprint density at radius 3 is 2.58 bits per heavy atom. The van der Waals surface area contributed by atoms with E-state index in [2.05, 4.69) is 15.5 Å². The predicted octanol–water partition coefficient (Wildman–Crippen LogP) is 0.519. The summed E-state index contributed by atoms with van der Waals surface area (Å²) in [5.41, 5.74) is 1.83. The van der Waals surface area contributed by atoms with E-state index >= 15 is 0 Å². The zero-order valence-electron chi connectivity index (χ0n) is 10.2. The van der Waals surface area contributed by atoms with Gasteiger partial charge in [0.15, 0.2) is 5.76 Å². The van der Waals surface area contributed by atoms with Gasteiger partial charge in [0.2, 0.25) is 5.09 Å². The molecular formula is C10H12N4O4S. The quantitative estimate of drug-likeness (QED) is 0.756. The van der Waals surface area contributed by atoms with Gasteiger partial charge in [-0.1, -0.05) is 0 Å². The fourth-order valence-corrected chi connectivity index (χ4v) is 1.97. The number of hydrogen-bond donors (Lipinski definition) is 3. The van der Waals surface area contributed by atoms with Crippen LogP contribution in [0.4, 0.5) is 5.69 Å². The lowest BCUT2D eigenvalue weighted by atomic mass is 10.3. The number of rotatable bonds is 3. The van der Waals surface area contributed by atoms with Crippen LogP contribution in [0.1, 0.15) is 21.9 Å². The fraction of sp³-hybridized carbons (Fsp3) is 0.200. The molecule has 0 atom stereocenters. The van der Waals surface area contributed by atoms with Gasteiger partial charge in [-0.05, 0) is 26.0 Å². The third-order valence-electron chi connectivity index (χ3n) is 2.45. The standard InChI is InChI=1S/C10H12N4O4S/c1-5-9(6(2)14-13-5)12-10(15)7-3-4-8(18-7)19(11,16)17/h3-4H,1-2H3,(H,12,15)(H,13,14)(H2,11,16,17). The van der Waals surface area contributed by atoms with Gasteiger partial charge < -0.3 is 9.73 Å². The molecule has 2 aromatic heterocycles. The van der Waals surface area contributed by atoms with E-state index in [9.17, 15) is 13.2 Å². The molecule has 9 heteroatoms. The number of nitrogens with zero attached hydrogens (tertiary/aromatic N) is 1. The lowest BCUT2D eigenvalue weighted by molar-refractivity contribution is 0.0991. The molecule has 0 saturated carbocycles. The monoisotopic (exact) mass is 284 g/mol. The van der Waals surface area contributed by atoms with Crippen molar-refractivity contribution < 1.29 is 17.6 Å². The minimum atomic E-state index is -3.96. The summed E-state index contributed by atoms with van der Waals surface area (Å²) >= 11 is 0. The number of carbonyl (C=O) groups excluding carboxylic acids is 1. The van der Waals surface area contributed by atoms with Gasteiger partial charge in [-0.15, -0.1) is 0 Å². The average Bonchev–Trinajstić information content (AvgIpc) is 2.90. The summed E-state index contributed by atoms with van der Waals surface area (Å²) in [5.74, 6) is -0.730. The summed E-state index contributed by atoms with van der Waals surface area (Å²) in [6.45, 7) is 3.46. The van der Waals surface area contributed by atoms with Crippen molar-refractivity contribution in [3.05, 3.63) is 29.3 Å². The average molecular weight is 284 g/mol. The highest BCUT2D eigenvalue weighted by Gasteiger charge is 2.19. The molecule has 2 heterocycles. The lowest BCUT2D eigenvalue weighted by Gasteiger charge is -2.02. The number of hydrogen-bond acceptors (Lipinski definition) is 5. The zero-order chi connectivity index (χ0) is 14.2. The number of primary sulfonamides is 1. The van der Waals surface area contributed by atoms with Gasteiger partial charge in [0.25, 0.3) is 15.9 Å². The Labute approximate surface area is 109 Å². The van der Waals surface area contributed by atoms with E-state index in [1.165, 1.54) is 6.07 Å². The number of furan rings is 1. The van der Waals surface area contributed by atoms with Crippen LogP contribution in [0, 0.1) is 13.8 Å². The number of sulfonamides is 1. The largest absolute Gasteiger partial charge is 0.438 e. The second-order valence-corrected chi connectivity index (χ2v) is 5.42. The molecule has 4 N–H and O–H groups in total. The number of carbonyl (C=O) groups is 1. The lowest BCUT2D eigenvalue weighted by Crippen LogP contribution is -2.13. The van der Waals surface area contributed by atoms with Crippen LogP contribution in [0.25, 0.3) is 0 Å². The van der Waals surface area contributed by atoms with Crippen molar-refractivity contribution in [1.29, 1.82) is 0 Å². The van der Waals surface area contributed by atoms with E-state index in [-0.39, 0.29) is 5.76 Å². The predicted molar refractivity (Wildman–Crippen MR) is 66.1 cm³/mol. The molecule has 0 aromatic carbocycles. The second-order valence-electron chi connectivity index (χ2n) is 3.93. The summed E-state index contributed by atoms with van der Waals surface area (Å²) in [5, 5.41) is 13.6. The Hall–Kier alpha value is -2.13. The van der Waals surface area contributed by atoms with Crippen molar-refractivity contribution in [2.45, 2.75) is 18.9 Å². The minimum Gasteiger partial charge on any atom is -0.438 e. The van der Waals surface area contributed by atoms with E-state index in [0.717, 1.165) is 6.07 Å². The van der Waals surface area contributed by atoms with Gasteiger partial charge in [0.1, 0.15) is 0 Å². The van der Waals surface area contributed by atoms with Crippen LogP contribution < -0.4 is 10.5 Å². The van der Waals surface area contributed by atoms with Gasteiger partial charge in [-0.25, -0.2) is 13.6 Å². The Kier molecular flexibility index (Phi) is 3.16.